The van der Waals surface area contributed by atoms with E-state index < -0.39 is 0 Å². The number of carbonyl (C=O) groups excluding carboxylic acids is 1. The molecular weight excluding hydrogens is 302 g/mol. The van der Waals surface area contributed by atoms with Crippen molar-refractivity contribution in [3.05, 3.63) is 48.2 Å². The zero-order valence-electron chi connectivity index (χ0n) is 13.4. The van der Waals surface area contributed by atoms with E-state index in [-0.39, 0.29) is 5.91 Å². The van der Waals surface area contributed by atoms with Gasteiger partial charge in [0.25, 0.3) is 5.91 Å². The predicted octanol–water partition coefficient (Wildman–Crippen LogP) is 2.60. The third kappa shape index (κ3) is 2.60. The molecule has 6 nitrogen and oxygen atoms in total. The second-order valence-corrected chi connectivity index (χ2v) is 6.11. The largest absolute Gasteiger partial charge is 0.396 e. The molecule has 0 spiro atoms. The Morgan fingerprint density at radius 3 is 2.58 bits per heavy atom. The first-order chi connectivity index (χ1) is 11.7. The molecule has 1 aliphatic heterocycles. The summed E-state index contributed by atoms with van der Waals surface area (Å²) >= 11 is 0. The van der Waals surface area contributed by atoms with E-state index in [0.29, 0.717) is 22.7 Å². The van der Waals surface area contributed by atoms with Crippen molar-refractivity contribution in [2.45, 2.75) is 19.3 Å². The number of likely N-dealkylation sites (tertiary alicyclic amines) is 1. The van der Waals surface area contributed by atoms with Gasteiger partial charge in [-0.1, -0.05) is 30.3 Å². The molecule has 0 atom stereocenters. The number of rotatable bonds is 2. The number of fused-ring (bicyclic) bond motifs is 1. The first-order valence-electron chi connectivity index (χ1n) is 8.23. The second kappa shape index (κ2) is 5.96. The first-order valence-corrected chi connectivity index (χ1v) is 8.23. The Morgan fingerprint density at radius 2 is 1.83 bits per heavy atom. The molecule has 0 aliphatic carbocycles. The Kier molecular flexibility index (Phi) is 3.65. The quantitative estimate of drug-likeness (QED) is 0.787. The number of hydrogen-bond donors (Lipinski definition) is 1. The summed E-state index contributed by atoms with van der Waals surface area (Å²) in [7, 11) is 0. The molecule has 6 heteroatoms. The predicted molar refractivity (Wildman–Crippen MR) is 92.6 cm³/mol. The van der Waals surface area contributed by atoms with Crippen molar-refractivity contribution in [1.29, 1.82) is 0 Å². The van der Waals surface area contributed by atoms with Gasteiger partial charge in [0, 0.05) is 24.8 Å². The summed E-state index contributed by atoms with van der Waals surface area (Å²) in [6.07, 6.45) is 5.03. The Balaban J connectivity index is 1.72. The van der Waals surface area contributed by atoms with Gasteiger partial charge < -0.3 is 10.6 Å². The third-order valence-corrected chi connectivity index (χ3v) is 4.38. The van der Waals surface area contributed by atoms with Crippen LogP contribution in [0.2, 0.25) is 0 Å². The number of benzene rings is 1. The van der Waals surface area contributed by atoms with Crippen LogP contribution in [-0.2, 0) is 0 Å². The molecule has 2 aromatic heterocycles. The number of carbonyl (C=O) groups is 1. The lowest BCUT2D eigenvalue weighted by Gasteiger charge is -2.26. The van der Waals surface area contributed by atoms with Gasteiger partial charge in [0.15, 0.2) is 11.5 Å². The van der Waals surface area contributed by atoms with Crippen LogP contribution in [0.3, 0.4) is 0 Å². The van der Waals surface area contributed by atoms with Crippen molar-refractivity contribution < 1.29 is 4.79 Å². The van der Waals surface area contributed by atoms with Crippen molar-refractivity contribution >= 4 is 17.2 Å². The van der Waals surface area contributed by atoms with Gasteiger partial charge in [-0.25, -0.2) is 9.50 Å². The van der Waals surface area contributed by atoms with E-state index in [1.807, 2.05) is 35.2 Å². The van der Waals surface area contributed by atoms with Crippen molar-refractivity contribution in [2.24, 2.45) is 0 Å². The lowest BCUT2D eigenvalue weighted by atomic mass is 10.1. The van der Waals surface area contributed by atoms with E-state index in [4.69, 9.17) is 5.73 Å². The summed E-state index contributed by atoms with van der Waals surface area (Å²) in [4.78, 5) is 19.1. The van der Waals surface area contributed by atoms with Gasteiger partial charge in [0.2, 0.25) is 0 Å². The minimum Gasteiger partial charge on any atom is -0.396 e. The van der Waals surface area contributed by atoms with Crippen LogP contribution in [0, 0.1) is 0 Å². The summed E-state index contributed by atoms with van der Waals surface area (Å²) in [5.41, 5.74) is 8.64. The first kappa shape index (κ1) is 14.7. The fourth-order valence-corrected chi connectivity index (χ4v) is 3.12. The maximum atomic E-state index is 12.7. The number of pyridine rings is 1. The van der Waals surface area contributed by atoms with E-state index in [1.165, 1.54) is 6.42 Å². The highest BCUT2D eigenvalue weighted by molar-refractivity contribution is 5.95. The van der Waals surface area contributed by atoms with Gasteiger partial charge in [-0.3, -0.25) is 4.79 Å². The van der Waals surface area contributed by atoms with E-state index in [2.05, 4.69) is 10.1 Å². The van der Waals surface area contributed by atoms with Crippen molar-refractivity contribution in [2.75, 3.05) is 18.8 Å². The van der Waals surface area contributed by atoms with Gasteiger partial charge in [-0.2, -0.15) is 0 Å². The maximum Gasteiger partial charge on any atom is 0.255 e. The number of piperidine rings is 1. The van der Waals surface area contributed by atoms with Gasteiger partial charge in [-0.15, -0.1) is 5.10 Å². The summed E-state index contributed by atoms with van der Waals surface area (Å²) in [6, 6.07) is 11.4. The molecule has 1 saturated heterocycles. The van der Waals surface area contributed by atoms with E-state index >= 15 is 0 Å². The number of nitrogens with zero attached hydrogens (tertiary/aromatic N) is 4. The Morgan fingerprint density at radius 1 is 1.08 bits per heavy atom. The summed E-state index contributed by atoms with van der Waals surface area (Å²) in [6.45, 7) is 1.62. The zero-order chi connectivity index (χ0) is 16.5. The van der Waals surface area contributed by atoms with Gasteiger partial charge in [0.1, 0.15) is 0 Å². The van der Waals surface area contributed by atoms with Crippen LogP contribution in [-0.4, -0.2) is 38.5 Å². The monoisotopic (exact) mass is 321 g/mol. The molecule has 0 bridgehead atoms. The molecule has 2 N–H and O–H groups in total. The van der Waals surface area contributed by atoms with Crippen molar-refractivity contribution in [3.63, 3.8) is 0 Å². The molecule has 3 aromatic rings. The summed E-state index contributed by atoms with van der Waals surface area (Å²) in [5.74, 6) is 0.616. The van der Waals surface area contributed by atoms with E-state index in [9.17, 15) is 4.79 Å². The van der Waals surface area contributed by atoms with Crippen molar-refractivity contribution in [1.82, 2.24) is 19.5 Å². The van der Waals surface area contributed by atoms with Crippen LogP contribution >= 0.6 is 0 Å². The van der Waals surface area contributed by atoms with Crippen LogP contribution in [0.25, 0.3) is 17.0 Å². The highest BCUT2D eigenvalue weighted by atomic mass is 16.2. The van der Waals surface area contributed by atoms with Gasteiger partial charge >= 0.3 is 0 Å². The molecule has 4 rings (SSSR count). The smallest absolute Gasteiger partial charge is 0.255 e. The number of nitrogens with two attached hydrogens (primary N) is 1. The lowest BCUT2D eigenvalue weighted by Crippen LogP contribution is -2.35. The fraction of sp³-hybridized carbons (Fsp3) is 0.278. The maximum absolute atomic E-state index is 12.7. The highest BCUT2D eigenvalue weighted by Gasteiger charge is 2.20. The van der Waals surface area contributed by atoms with Crippen LogP contribution in [0.1, 0.15) is 29.6 Å². The molecule has 1 fully saturated rings. The number of hydrogen-bond acceptors (Lipinski definition) is 4. The molecule has 0 saturated carbocycles. The van der Waals surface area contributed by atoms with Crippen LogP contribution in [0.5, 0.6) is 0 Å². The average molecular weight is 321 g/mol. The lowest BCUT2D eigenvalue weighted by molar-refractivity contribution is 0.0724. The molecule has 24 heavy (non-hydrogen) atoms. The molecule has 1 aliphatic rings. The Bertz CT molecular complexity index is 881. The topological polar surface area (TPSA) is 76.5 Å². The van der Waals surface area contributed by atoms with Gasteiger partial charge in [0.05, 0.1) is 11.3 Å². The van der Waals surface area contributed by atoms with E-state index in [0.717, 1.165) is 31.5 Å². The minimum absolute atomic E-state index is 0.0139. The number of nitrogen functional groups attached to an aromatic ring is 1. The van der Waals surface area contributed by atoms with Crippen LogP contribution < -0.4 is 5.73 Å². The molecule has 0 unspecified atom stereocenters. The van der Waals surface area contributed by atoms with Crippen molar-refractivity contribution in [3.8, 4) is 11.4 Å². The fourth-order valence-electron chi connectivity index (χ4n) is 3.12. The number of aromatic nitrogens is 3. The molecule has 1 aromatic carbocycles. The molecular formula is C18H19N5O. The molecule has 122 valence electrons. The molecule has 0 radical (unpaired) electrons. The Labute approximate surface area is 139 Å². The Hall–Kier alpha value is -2.89. The molecule has 3 heterocycles. The minimum atomic E-state index is 0.0139. The summed E-state index contributed by atoms with van der Waals surface area (Å²) in [5, 5.41) is 4.49. The van der Waals surface area contributed by atoms with E-state index in [1.54, 1.807) is 16.8 Å². The van der Waals surface area contributed by atoms with Crippen LogP contribution in [0.15, 0.2) is 42.6 Å². The summed E-state index contributed by atoms with van der Waals surface area (Å²) < 4.78 is 1.61. The molecule has 1 amide bonds. The second-order valence-electron chi connectivity index (χ2n) is 6.11. The highest BCUT2D eigenvalue weighted by Crippen LogP contribution is 2.21. The number of amides is 1. The zero-order valence-corrected chi connectivity index (χ0v) is 13.4. The van der Waals surface area contributed by atoms with Gasteiger partial charge in [-0.05, 0) is 25.3 Å². The average Bonchev–Trinajstić information content (AvgIpc) is 3.07. The SMILES string of the molecule is Nc1cc(C(=O)N2CCCCC2)cn2nc(-c3ccccc3)nc12. The number of anilines is 1. The normalized spacial score (nSPS) is 14.9. The van der Waals surface area contributed by atoms with Crippen LogP contribution in [0.4, 0.5) is 5.69 Å². The standard InChI is InChI=1S/C18H19N5O/c19-15-11-14(18(24)22-9-5-2-6-10-22)12-23-17(15)20-16(21-23)13-7-3-1-4-8-13/h1,3-4,7-8,11-12H,2,5-6,9-10,19H2. The third-order valence-electron chi connectivity index (χ3n) is 4.38.